The molecule has 0 aliphatic carbocycles. The lowest BCUT2D eigenvalue weighted by atomic mass is 10.0. The summed E-state index contributed by atoms with van der Waals surface area (Å²) in [6, 6.07) is 19.7. The van der Waals surface area contributed by atoms with Crippen molar-refractivity contribution in [3.8, 4) is 5.75 Å². The molecule has 0 aliphatic rings. The molecule has 0 N–H and O–H groups in total. The molecule has 1 heterocycles. The second-order valence-electron chi connectivity index (χ2n) is 6.80. The molecule has 4 aromatic rings. The minimum absolute atomic E-state index is 0.174. The summed E-state index contributed by atoms with van der Waals surface area (Å²) < 4.78 is 11.1. The van der Waals surface area contributed by atoms with Crippen LogP contribution in [0.15, 0.2) is 71.3 Å². The van der Waals surface area contributed by atoms with Crippen LogP contribution in [0, 0.1) is 0 Å². The first-order valence-corrected chi connectivity index (χ1v) is 8.80. The number of carbonyl (C=O) groups is 1. The maximum atomic E-state index is 12.4. The van der Waals surface area contributed by atoms with Gasteiger partial charge in [0.2, 0.25) is 0 Å². The van der Waals surface area contributed by atoms with E-state index in [1.807, 2.05) is 54.6 Å². The fourth-order valence-corrected chi connectivity index (χ4v) is 3.25. The Kier molecular flexibility index (Phi) is 4.21. The van der Waals surface area contributed by atoms with Gasteiger partial charge in [-0.2, -0.15) is 0 Å². The third kappa shape index (κ3) is 3.08. The Morgan fingerprint density at radius 1 is 1.00 bits per heavy atom. The number of furan rings is 1. The first-order chi connectivity index (χ1) is 12.6. The standard InChI is InChI=1S/C23H20O3/c1-15(2)16-7-10-19(11-8-16)26-22(24)13-18-14-25-21-12-9-17-5-3-4-6-20(17)23(18)21/h3-12,14-15H,13H2,1-2H3. The van der Waals surface area contributed by atoms with E-state index in [0.717, 1.165) is 27.3 Å². The molecule has 3 aromatic carbocycles. The maximum Gasteiger partial charge on any atom is 0.315 e. The Morgan fingerprint density at radius 3 is 2.54 bits per heavy atom. The van der Waals surface area contributed by atoms with Gasteiger partial charge < -0.3 is 9.15 Å². The number of benzene rings is 3. The molecule has 0 fully saturated rings. The van der Waals surface area contributed by atoms with Crippen molar-refractivity contribution in [3.63, 3.8) is 0 Å². The van der Waals surface area contributed by atoms with Crippen LogP contribution in [0.25, 0.3) is 21.7 Å². The van der Waals surface area contributed by atoms with E-state index in [1.54, 1.807) is 6.26 Å². The zero-order chi connectivity index (χ0) is 18.1. The highest BCUT2D eigenvalue weighted by Crippen LogP contribution is 2.30. The summed E-state index contributed by atoms with van der Waals surface area (Å²) in [5, 5.41) is 3.19. The van der Waals surface area contributed by atoms with E-state index in [-0.39, 0.29) is 12.4 Å². The third-order valence-corrected chi connectivity index (χ3v) is 4.65. The molecule has 26 heavy (non-hydrogen) atoms. The highest BCUT2D eigenvalue weighted by Gasteiger charge is 2.14. The van der Waals surface area contributed by atoms with Crippen molar-refractivity contribution in [3.05, 3.63) is 78.1 Å². The summed E-state index contributed by atoms with van der Waals surface area (Å²) in [5.74, 6) is 0.723. The Balaban J connectivity index is 1.59. The van der Waals surface area contributed by atoms with Gasteiger partial charge in [0.05, 0.1) is 12.7 Å². The molecule has 130 valence electrons. The third-order valence-electron chi connectivity index (χ3n) is 4.65. The van der Waals surface area contributed by atoms with Crippen molar-refractivity contribution in [2.75, 3.05) is 0 Å². The minimum Gasteiger partial charge on any atom is -0.464 e. The van der Waals surface area contributed by atoms with Crippen LogP contribution in [0.2, 0.25) is 0 Å². The van der Waals surface area contributed by atoms with Crippen molar-refractivity contribution in [2.45, 2.75) is 26.2 Å². The summed E-state index contributed by atoms with van der Waals surface area (Å²) in [6.45, 7) is 4.27. The quantitative estimate of drug-likeness (QED) is 0.344. The topological polar surface area (TPSA) is 39.4 Å². The molecule has 4 rings (SSSR count). The van der Waals surface area contributed by atoms with Gasteiger partial charge in [0.15, 0.2) is 0 Å². The second kappa shape index (κ2) is 6.68. The summed E-state index contributed by atoms with van der Waals surface area (Å²) in [7, 11) is 0. The van der Waals surface area contributed by atoms with Gasteiger partial charge in [-0.1, -0.05) is 56.3 Å². The molecule has 1 aromatic heterocycles. The van der Waals surface area contributed by atoms with Crippen LogP contribution < -0.4 is 4.74 Å². The average Bonchev–Trinajstić information content (AvgIpc) is 3.05. The largest absolute Gasteiger partial charge is 0.464 e. The van der Waals surface area contributed by atoms with Gasteiger partial charge in [-0.3, -0.25) is 4.79 Å². The second-order valence-corrected chi connectivity index (χ2v) is 6.80. The highest BCUT2D eigenvalue weighted by molar-refractivity contribution is 6.08. The van der Waals surface area contributed by atoms with Crippen LogP contribution in [0.1, 0.15) is 30.9 Å². The van der Waals surface area contributed by atoms with Crippen LogP contribution >= 0.6 is 0 Å². The van der Waals surface area contributed by atoms with E-state index in [4.69, 9.17) is 9.15 Å². The van der Waals surface area contributed by atoms with Gasteiger partial charge in [0.25, 0.3) is 0 Å². The molecule has 0 atom stereocenters. The predicted molar refractivity (Wildman–Crippen MR) is 104 cm³/mol. The van der Waals surface area contributed by atoms with E-state index in [9.17, 15) is 4.79 Å². The molecule has 3 heteroatoms. The van der Waals surface area contributed by atoms with Gasteiger partial charge in [-0.05, 0) is 40.5 Å². The molecule has 0 bridgehead atoms. The molecular weight excluding hydrogens is 324 g/mol. The fourth-order valence-electron chi connectivity index (χ4n) is 3.25. The lowest BCUT2D eigenvalue weighted by Crippen LogP contribution is -2.11. The van der Waals surface area contributed by atoms with E-state index in [1.165, 1.54) is 5.56 Å². The Morgan fingerprint density at radius 2 is 1.77 bits per heavy atom. The van der Waals surface area contributed by atoms with Crippen LogP contribution in [-0.4, -0.2) is 5.97 Å². The van der Waals surface area contributed by atoms with Crippen molar-refractivity contribution >= 4 is 27.7 Å². The van der Waals surface area contributed by atoms with Crippen LogP contribution in [0.3, 0.4) is 0 Å². The number of esters is 1. The number of ether oxygens (including phenoxy) is 1. The summed E-state index contributed by atoms with van der Waals surface area (Å²) >= 11 is 0. The summed E-state index contributed by atoms with van der Waals surface area (Å²) in [4.78, 5) is 12.4. The highest BCUT2D eigenvalue weighted by atomic mass is 16.5. The molecule has 0 aliphatic heterocycles. The average molecular weight is 344 g/mol. The van der Waals surface area contributed by atoms with Gasteiger partial charge in [0, 0.05) is 10.9 Å². The van der Waals surface area contributed by atoms with Crippen LogP contribution in [0.5, 0.6) is 5.75 Å². The van der Waals surface area contributed by atoms with E-state index in [2.05, 4.69) is 19.9 Å². The fraction of sp³-hybridized carbons (Fsp3) is 0.174. The molecule has 0 amide bonds. The lowest BCUT2D eigenvalue weighted by Gasteiger charge is -2.07. The van der Waals surface area contributed by atoms with E-state index < -0.39 is 0 Å². The zero-order valence-corrected chi connectivity index (χ0v) is 14.9. The Hall–Kier alpha value is -3.07. The SMILES string of the molecule is CC(C)c1ccc(OC(=O)Cc2coc3ccc4ccccc4c23)cc1. The van der Waals surface area contributed by atoms with Gasteiger partial charge in [-0.25, -0.2) is 0 Å². The predicted octanol–water partition coefficient (Wildman–Crippen LogP) is 5.86. The smallest absolute Gasteiger partial charge is 0.315 e. The van der Waals surface area contributed by atoms with E-state index in [0.29, 0.717) is 11.7 Å². The van der Waals surface area contributed by atoms with Crippen LogP contribution in [0.4, 0.5) is 0 Å². The first kappa shape index (κ1) is 16.4. The van der Waals surface area contributed by atoms with Crippen molar-refractivity contribution < 1.29 is 13.9 Å². The summed E-state index contributed by atoms with van der Waals surface area (Å²) in [5.41, 5.74) is 2.85. The Labute approximate surface area is 152 Å². The monoisotopic (exact) mass is 344 g/mol. The molecule has 0 saturated carbocycles. The van der Waals surface area contributed by atoms with Crippen molar-refractivity contribution in [1.29, 1.82) is 0 Å². The van der Waals surface area contributed by atoms with Crippen LogP contribution in [-0.2, 0) is 11.2 Å². The molecule has 0 saturated heterocycles. The molecule has 0 radical (unpaired) electrons. The molecule has 0 unspecified atom stereocenters. The summed E-state index contributed by atoms with van der Waals surface area (Å²) in [6.07, 6.45) is 1.83. The number of fused-ring (bicyclic) bond motifs is 3. The van der Waals surface area contributed by atoms with Gasteiger partial charge >= 0.3 is 5.97 Å². The zero-order valence-electron chi connectivity index (χ0n) is 14.9. The molecule has 3 nitrogen and oxygen atoms in total. The number of hydrogen-bond donors (Lipinski definition) is 0. The van der Waals surface area contributed by atoms with Gasteiger partial charge in [0.1, 0.15) is 11.3 Å². The van der Waals surface area contributed by atoms with Crippen molar-refractivity contribution in [1.82, 2.24) is 0 Å². The van der Waals surface area contributed by atoms with Crippen molar-refractivity contribution in [2.24, 2.45) is 0 Å². The number of hydrogen-bond acceptors (Lipinski definition) is 3. The maximum absolute atomic E-state index is 12.4. The number of carbonyl (C=O) groups excluding carboxylic acids is 1. The number of rotatable bonds is 4. The Bertz CT molecular complexity index is 1070. The van der Waals surface area contributed by atoms with Gasteiger partial charge in [-0.15, -0.1) is 0 Å². The molecular formula is C23H20O3. The molecule has 0 spiro atoms. The first-order valence-electron chi connectivity index (χ1n) is 8.80. The normalized spacial score (nSPS) is 11.3. The van der Waals surface area contributed by atoms with E-state index >= 15 is 0 Å². The lowest BCUT2D eigenvalue weighted by molar-refractivity contribution is -0.133. The minimum atomic E-state index is -0.294.